The van der Waals surface area contributed by atoms with Gasteiger partial charge in [0, 0.05) is 39.1 Å². The smallest absolute Gasteiger partial charge is 0.282 e. The van der Waals surface area contributed by atoms with E-state index in [4.69, 9.17) is 9.47 Å². The van der Waals surface area contributed by atoms with Crippen molar-refractivity contribution < 1.29 is 17.9 Å². The van der Waals surface area contributed by atoms with Crippen molar-refractivity contribution in [3.63, 3.8) is 0 Å². The minimum absolute atomic E-state index is 0.404. The van der Waals surface area contributed by atoms with Gasteiger partial charge < -0.3 is 14.0 Å². The topological polar surface area (TPSA) is 64.0 Å². The first kappa shape index (κ1) is 17.8. The molecule has 1 aliphatic heterocycles. The van der Waals surface area contributed by atoms with Crippen LogP contribution in [0.2, 0.25) is 0 Å². The number of hydrogen-bond donors (Lipinski definition) is 0. The molecule has 7 nitrogen and oxygen atoms in total. The van der Waals surface area contributed by atoms with Gasteiger partial charge in [-0.1, -0.05) is 6.07 Å². The van der Waals surface area contributed by atoms with Crippen LogP contribution in [0.25, 0.3) is 0 Å². The maximum absolute atomic E-state index is 12.9. The Morgan fingerprint density at radius 1 is 1.08 bits per heavy atom. The first-order chi connectivity index (χ1) is 11.9. The summed E-state index contributed by atoms with van der Waals surface area (Å²) in [5, 5.41) is 0. The summed E-state index contributed by atoms with van der Waals surface area (Å²) in [6.07, 6.45) is 1.97. The van der Waals surface area contributed by atoms with E-state index in [2.05, 4.69) is 4.57 Å². The summed E-state index contributed by atoms with van der Waals surface area (Å²) < 4.78 is 41.3. The number of nitrogens with zero attached hydrogens (tertiary/aromatic N) is 3. The molecule has 0 N–H and O–H groups in total. The second kappa shape index (κ2) is 6.70. The molecule has 0 spiro atoms. The Labute approximate surface area is 148 Å². The highest BCUT2D eigenvalue weighted by atomic mass is 32.2. The molecule has 0 fully saturated rings. The van der Waals surface area contributed by atoms with Gasteiger partial charge in [-0.15, -0.1) is 0 Å². The van der Waals surface area contributed by atoms with E-state index >= 15 is 0 Å². The van der Waals surface area contributed by atoms with E-state index < -0.39 is 16.3 Å². The summed E-state index contributed by atoms with van der Waals surface area (Å²) in [4.78, 5) is 0. The van der Waals surface area contributed by atoms with Gasteiger partial charge in [-0.25, -0.2) is 0 Å². The molecule has 3 rings (SSSR count). The summed E-state index contributed by atoms with van der Waals surface area (Å²) in [6.45, 7) is 1.03. The molecule has 0 radical (unpaired) electrons. The standard InChI is InChI=1S/C17H23N3O4S/c1-18(2)25(21,22)20-11-10-19-9-5-6-14(19)17(20)13-7-8-15(23-3)16(12-13)24-4/h5-9,12,17H,10-11H2,1-4H3. The number of fused-ring (bicyclic) bond motifs is 1. The van der Waals surface area contributed by atoms with Gasteiger partial charge in [0.1, 0.15) is 0 Å². The highest BCUT2D eigenvalue weighted by Crippen LogP contribution is 2.38. The van der Waals surface area contributed by atoms with E-state index in [-0.39, 0.29) is 0 Å². The number of benzene rings is 1. The summed E-state index contributed by atoms with van der Waals surface area (Å²) in [6, 6.07) is 9.00. The van der Waals surface area contributed by atoms with E-state index in [1.807, 2.05) is 30.5 Å². The van der Waals surface area contributed by atoms with Crippen LogP contribution in [-0.2, 0) is 16.8 Å². The van der Waals surface area contributed by atoms with Crippen LogP contribution in [0.3, 0.4) is 0 Å². The van der Waals surface area contributed by atoms with Crippen molar-refractivity contribution in [2.75, 3.05) is 34.9 Å². The van der Waals surface area contributed by atoms with Crippen molar-refractivity contribution in [3.05, 3.63) is 47.8 Å². The molecule has 2 aromatic rings. The van der Waals surface area contributed by atoms with Crippen LogP contribution in [0, 0.1) is 0 Å². The Balaban J connectivity index is 2.15. The molecule has 1 atom stereocenters. The zero-order chi connectivity index (χ0) is 18.2. The van der Waals surface area contributed by atoms with E-state index in [0.717, 1.165) is 11.3 Å². The zero-order valence-corrected chi connectivity index (χ0v) is 15.7. The Morgan fingerprint density at radius 3 is 2.44 bits per heavy atom. The molecule has 1 aromatic carbocycles. The monoisotopic (exact) mass is 365 g/mol. The first-order valence-corrected chi connectivity index (χ1v) is 9.36. The van der Waals surface area contributed by atoms with Crippen molar-refractivity contribution in [2.45, 2.75) is 12.6 Å². The molecular weight excluding hydrogens is 342 g/mol. The number of ether oxygens (including phenoxy) is 2. The van der Waals surface area contributed by atoms with E-state index in [9.17, 15) is 8.42 Å². The minimum atomic E-state index is -3.57. The van der Waals surface area contributed by atoms with Crippen molar-refractivity contribution >= 4 is 10.2 Å². The Hall–Kier alpha value is -2.03. The summed E-state index contributed by atoms with van der Waals surface area (Å²) in [5.41, 5.74) is 1.77. The van der Waals surface area contributed by atoms with Crippen molar-refractivity contribution in [1.82, 2.24) is 13.2 Å². The third-order valence-corrected chi connectivity index (χ3v) is 6.38. The molecule has 0 saturated heterocycles. The zero-order valence-electron chi connectivity index (χ0n) is 14.8. The summed E-state index contributed by atoms with van der Waals surface area (Å²) in [7, 11) is 2.67. The van der Waals surface area contributed by atoms with E-state index in [0.29, 0.717) is 24.6 Å². The quantitative estimate of drug-likeness (QED) is 0.809. The fraction of sp³-hybridized carbons (Fsp3) is 0.412. The molecule has 0 amide bonds. The van der Waals surface area contributed by atoms with Gasteiger partial charge in [-0.3, -0.25) is 0 Å². The maximum Gasteiger partial charge on any atom is 0.282 e. The predicted molar refractivity (Wildman–Crippen MR) is 95.1 cm³/mol. The average molecular weight is 365 g/mol. The van der Waals surface area contributed by atoms with Gasteiger partial charge in [-0.05, 0) is 29.8 Å². The average Bonchev–Trinajstić information content (AvgIpc) is 3.08. The summed E-state index contributed by atoms with van der Waals surface area (Å²) >= 11 is 0. The molecule has 2 heterocycles. The number of aromatic nitrogens is 1. The molecule has 1 aromatic heterocycles. The number of methoxy groups -OCH3 is 2. The van der Waals surface area contributed by atoms with E-state index in [1.54, 1.807) is 34.4 Å². The molecule has 136 valence electrons. The van der Waals surface area contributed by atoms with E-state index in [1.165, 1.54) is 8.61 Å². The van der Waals surface area contributed by atoms with Gasteiger partial charge in [0.15, 0.2) is 11.5 Å². The fourth-order valence-corrected chi connectivity index (χ4v) is 4.41. The lowest BCUT2D eigenvalue weighted by Crippen LogP contribution is -2.47. The SMILES string of the molecule is COc1ccc(C2c3cccn3CCN2S(=O)(=O)N(C)C)cc1OC. The van der Waals surface area contributed by atoms with Gasteiger partial charge in [0.25, 0.3) is 10.2 Å². The molecule has 0 bridgehead atoms. The third kappa shape index (κ3) is 3.01. The second-order valence-corrected chi connectivity index (χ2v) is 8.14. The van der Waals surface area contributed by atoms with Crippen LogP contribution in [-0.4, -0.2) is 56.5 Å². The van der Waals surface area contributed by atoms with Gasteiger partial charge in [0.2, 0.25) is 0 Å². The second-order valence-electron chi connectivity index (χ2n) is 6.04. The Bertz CT molecular complexity index is 861. The number of rotatable bonds is 5. The lowest BCUT2D eigenvalue weighted by Gasteiger charge is -2.37. The highest BCUT2D eigenvalue weighted by molar-refractivity contribution is 7.86. The van der Waals surface area contributed by atoms with Crippen molar-refractivity contribution in [1.29, 1.82) is 0 Å². The molecule has 8 heteroatoms. The van der Waals surface area contributed by atoms with Crippen LogP contribution < -0.4 is 9.47 Å². The molecule has 25 heavy (non-hydrogen) atoms. The fourth-order valence-electron chi connectivity index (χ4n) is 3.18. The molecule has 0 aliphatic carbocycles. The van der Waals surface area contributed by atoms with Gasteiger partial charge >= 0.3 is 0 Å². The van der Waals surface area contributed by atoms with Crippen molar-refractivity contribution in [2.24, 2.45) is 0 Å². The minimum Gasteiger partial charge on any atom is -0.493 e. The van der Waals surface area contributed by atoms with Crippen LogP contribution in [0.4, 0.5) is 0 Å². The number of hydrogen-bond acceptors (Lipinski definition) is 4. The van der Waals surface area contributed by atoms with Gasteiger partial charge in [-0.2, -0.15) is 17.0 Å². The molecule has 1 unspecified atom stereocenters. The van der Waals surface area contributed by atoms with Crippen LogP contribution >= 0.6 is 0 Å². The lowest BCUT2D eigenvalue weighted by molar-refractivity contribution is 0.280. The van der Waals surface area contributed by atoms with Crippen LogP contribution in [0.5, 0.6) is 11.5 Å². The highest BCUT2D eigenvalue weighted by Gasteiger charge is 2.38. The predicted octanol–water partition coefficient (Wildman–Crippen LogP) is 1.72. The lowest BCUT2D eigenvalue weighted by atomic mass is 10.0. The molecule has 1 aliphatic rings. The molecule has 0 saturated carbocycles. The Kier molecular flexibility index (Phi) is 4.77. The van der Waals surface area contributed by atoms with Crippen LogP contribution in [0.1, 0.15) is 17.3 Å². The third-order valence-electron chi connectivity index (χ3n) is 4.48. The van der Waals surface area contributed by atoms with Crippen molar-refractivity contribution in [3.8, 4) is 11.5 Å². The summed E-state index contributed by atoms with van der Waals surface area (Å²) in [5.74, 6) is 1.19. The van der Waals surface area contributed by atoms with Crippen LogP contribution in [0.15, 0.2) is 36.5 Å². The first-order valence-electron chi connectivity index (χ1n) is 7.96. The largest absolute Gasteiger partial charge is 0.493 e. The maximum atomic E-state index is 12.9. The van der Waals surface area contributed by atoms with Gasteiger partial charge in [0.05, 0.1) is 20.3 Å². The molecular formula is C17H23N3O4S. The Morgan fingerprint density at radius 2 is 1.80 bits per heavy atom. The normalized spacial score (nSPS) is 18.2.